The first-order valence-electron chi connectivity index (χ1n) is 6.65. The summed E-state index contributed by atoms with van der Waals surface area (Å²) >= 11 is 0. The highest BCUT2D eigenvalue weighted by atomic mass is 16.3. The second-order valence-electron chi connectivity index (χ2n) is 5.05. The topological polar surface area (TPSA) is 32.3 Å². The maximum Gasteiger partial charge on any atom is 0.0636 e. The van der Waals surface area contributed by atoms with Crippen LogP contribution in [0.5, 0.6) is 0 Å². The molecule has 1 rings (SSSR count). The number of rotatable bonds is 6. The Morgan fingerprint density at radius 3 is 2.47 bits per heavy atom. The van der Waals surface area contributed by atoms with Gasteiger partial charge >= 0.3 is 0 Å². The van der Waals surface area contributed by atoms with Crippen molar-refractivity contribution in [1.29, 1.82) is 0 Å². The molecule has 0 heterocycles. The van der Waals surface area contributed by atoms with Crippen molar-refractivity contribution in [1.82, 2.24) is 5.32 Å². The van der Waals surface area contributed by atoms with Crippen LogP contribution in [0.4, 0.5) is 0 Å². The fraction of sp³-hybridized carbons (Fsp3) is 1.00. The summed E-state index contributed by atoms with van der Waals surface area (Å²) in [5.41, 5.74) is 0. The van der Waals surface area contributed by atoms with Crippen LogP contribution in [0, 0.1) is 5.92 Å². The summed E-state index contributed by atoms with van der Waals surface area (Å²) in [7, 11) is 0. The first-order chi connectivity index (χ1) is 7.24. The molecule has 0 radical (unpaired) electrons. The van der Waals surface area contributed by atoms with Gasteiger partial charge in [0.1, 0.15) is 0 Å². The van der Waals surface area contributed by atoms with Crippen LogP contribution in [0.2, 0.25) is 0 Å². The monoisotopic (exact) mass is 213 g/mol. The van der Waals surface area contributed by atoms with E-state index in [1.165, 1.54) is 44.9 Å². The lowest BCUT2D eigenvalue weighted by molar-refractivity contribution is 0.170. The van der Waals surface area contributed by atoms with Crippen molar-refractivity contribution in [2.24, 2.45) is 5.92 Å². The average molecular weight is 213 g/mol. The third kappa shape index (κ3) is 4.98. The molecule has 0 bridgehead atoms. The Morgan fingerprint density at radius 1 is 1.27 bits per heavy atom. The Hall–Kier alpha value is -0.0800. The van der Waals surface area contributed by atoms with Gasteiger partial charge in [0.2, 0.25) is 0 Å². The molecule has 2 N–H and O–H groups in total. The van der Waals surface area contributed by atoms with Gasteiger partial charge in [0.05, 0.1) is 6.10 Å². The van der Waals surface area contributed by atoms with Crippen LogP contribution >= 0.6 is 0 Å². The molecule has 0 aliphatic heterocycles. The SMILES string of the molecule is CCCC(NCC(C)O)C1CCCCC1. The Morgan fingerprint density at radius 2 is 1.93 bits per heavy atom. The van der Waals surface area contributed by atoms with E-state index in [1.54, 1.807) is 0 Å². The minimum atomic E-state index is -0.215. The minimum absolute atomic E-state index is 0.215. The summed E-state index contributed by atoms with van der Waals surface area (Å²) in [5.74, 6) is 0.859. The third-order valence-electron chi connectivity index (χ3n) is 3.49. The lowest BCUT2D eigenvalue weighted by Gasteiger charge is -2.31. The predicted molar refractivity (Wildman–Crippen MR) is 65.0 cm³/mol. The van der Waals surface area contributed by atoms with Gasteiger partial charge in [-0.15, -0.1) is 0 Å². The highest BCUT2D eigenvalue weighted by Gasteiger charge is 2.22. The Kier molecular flexibility index (Phi) is 6.26. The van der Waals surface area contributed by atoms with Crippen LogP contribution in [0.3, 0.4) is 0 Å². The van der Waals surface area contributed by atoms with E-state index in [4.69, 9.17) is 0 Å². The van der Waals surface area contributed by atoms with Gasteiger partial charge in [-0.2, -0.15) is 0 Å². The fourth-order valence-electron chi connectivity index (χ4n) is 2.67. The number of hydrogen-bond acceptors (Lipinski definition) is 2. The van der Waals surface area contributed by atoms with E-state index < -0.39 is 0 Å². The normalized spacial score (nSPS) is 22.6. The van der Waals surface area contributed by atoms with E-state index in [2.05, 4.69) is 12.2 Å². The zero-order chi connectivity index (χ0) is 11.1. The molecule has 0 aromatic rings. The van der Waals surface area contributed by atoms with Gasteiger partial charge in [-0.3, -0.25) is 0 Å². The predicted octanol–water partition coefficient (Wildman–Crippen LogP) is 2.71. The van der Waals surface area contributed by atoms with Gasteiger partial charge < -0.3 is 10.4 Å². The van der Waals surface area contributed by atoms with Crippen molar-refractivity contribution in [3.8, 4) is 0 Å². The number of nitrogens with one attached hydrogen (secondary N) is 1. The third-order valence-corrected chi connectivity index (χ3v) is 3.49. The fourth-order valence-corrected chi connectivity index (χ4v) is 2.67. The molecule has 1 aliphatic carbocycles. The Labute approximate surface area is 94.5 Å². The van der Waals surface area contributed by atoms with Crippen LogP contribution < -0.4 is 5.32 Å². The first-order valence-corrected chi connectivity index (χ1v) is 6.65. The number of aliphatic hydroxyl groups excluding tert-OH is 1. The van der Waals surface area contributed by atoms with Gasteiger partial charge in [0.15, 0.2) is 0 Å². The molecule has 2 atom stereocenters. The minimum Gasteiger partial charge on any atom is -0.392 e. The molecule has 0 aromatic carbocycles. The number of aliphatic hydroxyl groups is 1. The van der Waals surface area contributed by atoms with Crippen molar-refractivity contribution in [2.75, 3.05) is 6.54 Å². The second kappa shape index (κ2) is 7.24. The Bertz CT molecular complexity index is 153. The van der Waals surface area contributed by atoms with Gasteiger partial charge in [0, 0.05) is 12.6 Å². The molecule has 2 heteroatoms. The molecule has 2 unspecified atom stereocenters. The second-order valence-corrected chi connectivity index (χ2v) is 5.05. The maximum atomic E-state index is 9.31. The van der Waals surface area contributed by atoms with Crippen molar-refractivity contribution < 1.29 is 5.11 Å². The van der Waals surface area contributed by atoms with E-state index in [0.29, 0.717) is 6.04 Å². The van der Waals surface area contributed by atoms with E-state index in [9.17, 15) is 5.11 Å². The molecule has 0 amide bonds. The average Bonchev–Trinajstić information content (AvgIpc) is 2.25. The van der Waals surface area contributed by atoms with E-state index in [1.807, 2.05) is 6.92 Å². The largest absolute Gasteiger partial charge is 0.392 e. The van der Waals surface area contributed by atoms with Gasteiger partial charge in [-0.1, -0.05) is 32.6 Å². The zero-order valence-corrected chi connectivity index (χ0v) is 10.3. The van der Waals surface area contributed by atoms with Crippen LogP contribution in [-0.4, -0.2) is 23.8 Å². The molecular weight excluding hydrogens is 186 g/mol. The van der Waals surface area contributed by atoms with Crippen LogP contribution in [-0.2, 0) is 0 Å². The molecule has 15 heavy (non-hydrogen) atoms. The number of hydrogen-bond donors (Lipinski definition) is 2. The molecule has 1 saturated carbocycles. The quantitative estimate of drug-likeness (QED) is 0.711. The molecule has 0 saturated heterocycles. The zero-order valence-electron chi connectivity index (χ0n) is 10.3. The molecule has 0 aromatic heterocycles. The molecule has 90 valence electrons. The molecule has 0 spiro atoms. The lowest BCUT2D eigenvalue weighted by Crippen LogP contribution is -2.40. The molecular formula is C13H27NO. The van der Waals surface area contributed by atoms with E-state index >= 15 is 0 Å². The van der Waals surface area contributed by atoms with Crippen LogP contribution in [0.25, 0.3) is 0 Å². The van der Waals surface area contributed by atoms with Crippen molar-refractivity contribution in [2.45, 2.75) is 70.9 Å². The summed E-state index contributed by atoms with van der Waals surface area (Å²) in [6, 6.07) is 0.643. The van der Waals surface area contributed by atoms with Crippen LogP contribution in [0.15, 0.2) is 0 Å². The summed E-state index contributed by atoms with van der Waals surface area (Å²) < 4.78 is 0. The first kappa shape index (κ1) is 13.0. The van der Waals surface area contributed by atoms with Gasteiger partial charge in [-0.25, -0.2) is 0 Å². The summed E-state index contributed by atoms with van der Waals surface area (Å²) in [6.45, 7) is 4.86. The van der Waals surface area contributed by atoms with Crippen molar-refractivity contribution in [3.05, 3.63) is 0 Å². The maximum absolute atomic E-state index is 9.31. The summed E-state index contributed by atoms with van der Waals surface area (Å²) in [5, 5.41) is 12.8. The smallest absolute Gasteiger partial charge is 0.0636 e. The Balaban J connectivity index is 2.33. The molecule has 1 aliphatic rings. The van der Waals surface area contributed by atoms with Crippen molar-refractivity contribution >= 4 is 0 Å². The molecule has 1 fully saturated rings. The standard InChI is InChI=1S/C13H27NO/c1-3-7-13(14-10-11(2)15)12-8-5-4-6-9-12/h11-15H,3-10H2,1-2H3. The van der Waals surface area contributed by atoms with Gasteiger partial charge in [-0.05, 0) is 32.1 Å². The summed E-state index contributed by atoms with van der Waals surface area (Å²) in [6.07, 6.45) is 9.29. The highest BCUT2D eigenvalue weighted by molar-refractivity contribution is 4.79. The highest BCUT2D eigenvalue weighted by Crippen LogP contribution is 2.28. The molecule has 2 nitrogen and oxygen atoms in total. The summed E-state index contributed by atoms with van der Waals surface area (Å²) in [4.78, 5) is 0. The lowest BCUT2D eigenvalue weighted by atomic mass is 9.82. The van der Waals surface area contributed by atoms with Crippen molar-refractivity contribution in [3.63, 3.8) is 0 Å². The van der Waals surface area contributed by atoms with Gasteiger partial charge in [0.25, 0.3) is 0 Å². The van der Waals surface area contributed by atoms with Crippen LogP contribution in [0.1, 0.15) is 58.8 Å². The van der Waals surface area contributed by atoms with E-state index in [0.717, 1.165) is 12.5 Å². The van der Waals surface area contributed by atoms with E-state index in [-0.39, 0.29) is 6.10 Å².